The third-order valence-electron chi connectivity index (χ3n) is 3.70. The van der Waals surface area contributed by atoms with Crippen molar-refractivity contribution in [3.8, 4) is 5.75 Å². The number of benzene rings is 1. The molecule has 1 aliphatic heterocycles. The Morgan fingerprint density at radius 2 is 1.90 bits per heavy atom. The fraction of sp³-hybridized carbons (Fsp3) is 0.611. The predicted molar refractivity (Wildman–Crippen MR) is 85.5 cm³/mol. The third kappa shape index (κ3) is 5.41. The summed E-state index contributed by atoms with van der Waals surface area (Å²) in [5.74, 6) is 0.901. The zero-order chi connectivity index (χ0) is 15.3. The summed E-state index contributed by atoms with van der Waals surface area (Å²) in [5.41, 5.74) is 1.51. The van der Waals surface area contributed by atoms with Crippen molar-refractivity contribution in [1.29, 1.82) is 0 Å². The van der Waals surface area contributed by atoms with Crippen LogP contribution in [0.4, 0.5) is 0 Å². The topological polar surface area (TPSA) is 29.5 Å². The molecule has 3 nitrogen and oxygen atoms in total. The first-order chi connectivity index (χ1) is 9.94. The molecule has 116 valence electrons. The van der Waals surface area contributed by atoms with Crippen LogP contribution >= 0.6 is 0 Å². The van der Waals surface area contributed by atoms with Gasteiger partial charge in [-0.3, -0.25) is 4.79 Å². The number of hydrogen-bond acceptors (Lipinski definition) is 2. The molecule has 1 aliphatic rings. The predicted octanol–water partition coefficient (Wildman–Crippen LogP) is 3.67. The van der Waals surface area contributed by atoms with Gasteiger partial charge < -0.3 is 9.64 Å². The number of rotatable bonds is 4. The first kappa shape index (κ1) is 15.9. The lowest BCUT2D eigenvalue weighted by atomic mass is 9.88. The normalized spacial score (nSPS) is 15.9. The summed E-state index contributed by atoms with van der Waals surface area (Å²) in [7, 11) is 0. The highest BCUT2D eigenvalue weighted by atomic mass is 16.5. The molecule has 1 heterocycles. The van der Waals surface area contributed by atoms with E-state index in [9.17, 15) is 4.79 Å². The minimum atomic E-state index is 0.107. The van der Waals surface area contributed by atoms with Gasteiger partial charge in [-0.2, -0.15) is 0 Å². The Morgan fingerprint density at radius 3 is 2.57 bits per heavy atom. The molecule has 1 aromatic rings. The van der Waals surface area contributed by atoms with Gasteiger partial charge in [-0.05, 0) is 48.8 Å². The summed E-state index contributed by atoms with van der Waals surface area (Å²) in [5, 5.41) is 0. The van der Waals surface area contributed by atoms with Gasteiger partial charge in [0, 0.05) is 13.1 Å². The standard InChI is InChI=1S/C18H27NO2/c1-18(2,3)13-15-8-7-9-16(12-15)21-14-17(20)19-10-5-4-6-11-19/h7-9,12H,4-6,10-11,13-14H2,1-3H3. The first-order valence-corrected chi connectivity index (χ1v) is 7.94. The van der Waals surface area contributed by atoms with Gasteiger partial charge in [0.2, 0.25) is 0 Å². The molecule has 0 aromatic heterocycles. The molecule has 3 heteroatoms. The number of nitrogens with zero attached hydrogens (tertiary/aromatic N) is 1. The van der Waals surface area contributed by atoms with Crippen LogP contribution in [-0.4, -0.2) is 30.5 Å². The van der Waals surface area contributed by atoms with E-state index >= 15 is 0 Å². The van der Waals surface area contributed by atoms with Gasteiger partial charge in [-0.1, -0.05) is 32.9 Å². The van der Waals surface area contributed by atoms with Crippen molar-refractivity contribution in [1.82, 2.24) is 4.90 Å². The average molecular weight is 289 g/mol. The number of carbonyl (C=O) groups is 1. The molecule has 1 aromatic carbocycles. The van der Waals surface area contributed by atoms with E-state index in [0.717, 1.165) is 38.1 Å². The molecule has 1 saturated heterocycles. The smallest absolute Gasteiger partial charge is 0.260 e. The van der Waals surface area contributed by atoms with Crippen molar-refractivity contribution in [2.24, 2.45) is 5.41 Å². The minimum Gasteiger partial charge on any atom is -0.484 e. The molecule has 1 amide bonds. The Morgan fingerprint density at radius 1 is 1.19 bits per heavy atom. The summed E-state index contributed by atoms with van der Waals surface area (Å²) < 4.78 is 5.68. The molecule has 2 rings (SSSR count). The zero-order valence-corrected chi connectivity index (χ0v) is 13.5. The maximum atomic E-state index is 12.1. The Labute approximate surface area is 128 Å². The third-order valence-corrected chi connectivity index (χ3v) is 3.70. The largest absolute Gasteiger partial charge is 0.484 e. The minimum absolute atomic E-state index is 0.107. The first-order valence-electron chi connectivity index (χ1n) is 7.94. The van der Waals surface area contributed by atoms with Crippen LogP contribution in [0.15, 0.2) is 24.3 Å². The number of likely N-dealkylation sites (tertiary alicyclic amines) is 1. The van der Waals surface area contributed by atoms with Crippen LogP contribution in [-0.2, 0) is 11.2 Å². The Bertz CT molecular complexity index is 470. The van der Waals surface area contributed by atoms with Gasteiger partial charge in [-0.15, -0.1) is 0 Å². The van der Waals surface area contributed by atoms with Crippen molar-refractivity contribution in [3.05, 3.63) is 29.8 Å². The van der Waals surface area contributed by atoms with E-state index in [1.807, 2.05) is 17.0 Å². The molecule has 0 atom stereocenters. The highest BCUT2D eigenvalue weighted by Gasteiger charge is 2.17. The Kier molecular flexibility index (Phi) is 5.27. The summed E-state index contributed by atoms with van der Waals surface area (Å²) in [6.45, 7) is 8.58. The van der Waals surface area contributed by atoms with Crippen molar-refractivity contribution in [3.63, 3.8) is 0 Å². The zero-order valence-electron chi connectivity index (χ0n) is 13.5. The molecule has 0 spiro atoms. The SMILES string of the molecule is CC(C)(C)Cc1cccc(OCC(=O)N2CCCCC2)c1. The number of ether oxygens (including phenoxy) is 1. The van der Waals surface area contributed by atoms with Gasteiger partial charge in [-0.25, -0.2) is 0 Å². The van der Waals surface area contributed by atoms with E-state index in [1.165, 1.54) is 12.0 Å². The Balaban J connectivity index is 1.87. The van der Waals surface area contributed by atoms with E-state index in [2.05, 4.69) is 32.9 Å². The van der Waals surface area contributed by atoms with E-state index in [-0.39, 0.29) is 17.9 Å². The molecule has 21 heavy (non-hydrogen) atoms. The fourth-order valence-corrected chi connectivity index (χ4v) is 2.74. The second-order valence-electron chi connectivity index (χ2n) is 7.11. The van der Waals surface area contributed by atoms with Crippen LogP contribution in [0.1, 0.15) is 45.6 Å². The van der Waals surface area contributed by atoms with Crippen LogP contribution < -0.4 is 4.74 Å². The van der Waals surface area contributed by atoms with Crippen molar-refractivity contribution >= 4 is 5.91 Å². The molecule has 0 aliphatic carbocycles. The van der Waals surface area contributed by atoms with Gasteiger partial charge in [0.05, 0.1) is 0 Å². The maximum absolute atomic E-state index is 12.1. The van der Waals surface area contributed by atoms with Crippen molar-refractivity contribution < 1.29 is 9.53 Å². The molecule has 0 bridgehead atoms. The fourth-order valence-electron chi connectivity index (χ4n) is 2.74. The van der Waals surface area contributed by atoms with Gasteiger partial charge in [0.1, 0.15) is 5.75 Å². The maximum Gasteiger partial charge on any atom is 0.260 e. The average Bonchev–Trinajstić information content (AvgIpc) is 2.44. The molecular weight excluding hydrogens is 262 g/mol. The van der Waals surface area contributed by atoms with Crippen LogP contribution in [0.25, 0.3) is 0 Å². The van der Waals surface area contributed by atoms with Gasteiger partial charge >= 0.3 is 0 Å². The summed E-state index contributed by atoms with van der Waals surface area (Å²) in [4.78, 5) is 14.0. The summed E-state index contributed by atoms with van der Waals surface area (Å²) >= 11 is 0. The monoisotopic (exact) mass is 289 g/mol. The van der Waals surface area contributed by atoms with Crippen LogP contribution in [0.3, 0.4) is 0 Å². The molecule has 0 N–H and O–H groups in total. The highest BCUT2D eigenvalue weighted by molar-refractivity contribution is 5.77. The molecule has 0 radical (unpaired) electrons. The molecular formula is C18H27NO2. The molecule has 0 unspecified atom stereocenters. The Hall–Kier alpha value is -1.51. The molecule has 1 fully saturated rings. The van der Waals surface area contributed by atoms with E-state index < -0.39 is 0 Å². The number of amides is 1. The second kappa shape index (κ2) is 6.97. The van der Waals surface area contributed by atoms with Crippen molar-refractivity contribution in [2.45, 2.75) is 46.5 Å². The lowest BCUT2D eigenvalue weighted by Gasteiger charge is -2.26. The van der Waals surface area contributed by atoms with Crippen molar-refractivity contribution in [2.75, 3.05) is 19.7 Å². The lowest BCUT2D eigenvalue weighted by Crippen LogP contribution is -2.38. The van der Waals surface area contributed by atoms with Crippen LogP contribution in [0.2, 0.25) is 0 Å². The van der Waals surface area contributed by atoms with Gasteiger partial charge in [0.25, 0.3) is 5.91 Å². The quantitative estimate of drug-likeness (QED) is 0.846. The second-order valence-corrected chi connectivity index (χ2v) is 7.11. The van der Waals surface area contributed by atoms with E-state index in [0.29, 0.717) is 0 Å². The summed E-state index contributed by atoms with van der Waals surface area (Å²) in [6, 6.07) is 8.09. The lowest BCUT2D eigenvalue weighted by molar-refractivity contribution is -0.134. The number of piperidine rings is 1. The van der Waals surface area contributed by atoms with E-state index in [4.69, 9.17) is 4.74 Å². The number of carbonyl (C=O) groups excluding carboxylic acids is 1. The highest BCUT2D eigenvalue weighted by Crippen LogP contribution is 2.23. The molecule has 0 saturated carbocycles. The number of hydrogen-bond donors (Lipinski definition) is 0. The summed E-state index contributed by atoms with van der Waals surface area (Å²) in [6.07, 6.45) is 4.48. The van der Waals surface area contributed by atoms with Crippen LogP contribution in [0, 0.1) is 5.41 Å². The van der Waals surface area contributed by atoms with E-state index in [1.54, 1.807) is 0 Å². The van der Waals surface area contributed by atoms with Crippen LogP contribution in [0.5, 0.6) is 5.75 Å². The van der Waals surface area contributed by atoms with Gasteiger partial charge in [0.15, 0.2) is 6.61 Å².